The van der Waals surface area contributed by atoms with E-state index < -0.39 is 38.0 Å². The Morgan fingerprint density at radius 1 is 1.57 bits per heavy atom. The smallest absolute Gasteiger partial charge is 0.330 e. The van der Waals surface area contributed by atoms with Crippen molar-refractivity contribution in [3.05, 3.63) is 32.6 Å². The Labute approximate surface area is 121 Å². The summed E-state index contributed by atoms with van der Waals surface area (Å²) < 4.78 is 6.54. The van der Waals surface area contributed by atoms with Gasteiger partial charge in [0.15, 0.2) is 0 Å². The van der Waals surface area contributed by atoms with Crippen molar-refractivity contribution in [1.29, 1.82) is 0 Å². The molecule has 0 aromatic carbocycles. The van der Waals surface area contributed by atoms with Crippen LogP contribution in [0.3, 0.4) is 0 Å². The maximum atomic E-state index is 11.6. The lowest BCUT2D eigenvalue weighted by atomic mass is 10.2. The van der Waals surface area contributed by atoms with Gasteiger partial charge in [-0.25, -0.2) is 4.79 Å². The van der Waals surface area contributed by atoms with Crippen molar-refractivity contribution >= 4 is 8.30 Å². The minimum atomic E-state index is -1.12. The molecule has 1 aromatic heterocycles. The minimum Gasteiger partial charge on any atom is -0.394 e. The van der Waals surface area contributed by atoms with Crippen LogP contribution in [-0.4, -0.2) is 50.1 Å². The fourth-order valence-electron chi connectivity index (χ4n) is 1.85. The molecule has 120 valence electrons. The zero-order valence-corrected chi connectivity index (χ0v) is 12.7. The number of H-pyrrole nitrogens is 1. The van der Waals surface area contributed by atoms with Crippen LogP contribution < -0.4 is 16.8 Å². The number of aliphatic hydroxyl groups is 2. The van der Waals surface area contributed by atoms with Crippen LogP contribution in [0.1, 0.15) is 18.2 Å². The Kier molecular flexibility index (Phi) is 6.66. The van der Waals surface area contributed by atoms with Gasteiger partial charge in [-0.3, -0.25) is 19.8 Å². The summed E-state index contributed by atoms with van der Waals surface area (Å²) in [6.07, 6.45) is -0.581. The number of aromatic amines is 1. The van der Waals surface area contributed by atoms with E-state index in [9.17, 15) is 14.7 Å². The van der Waals surface area contributed by atoms with E-state index in [0.717, 1.165) is 0 Å². The highest BCUT2D eigenvalue weighted by molar-refractivity contribution is 7.47. The molecule has 2 rings (SSSR count). The van der Waals surface area contributed by atoms with Gasteiger partial charge < -0.3 is 19.8 Å². The van der Waals surface area contributed by atoms with Crippen LogP contribution in [0.4, 0.5) is 0 Å². The maximum Gasteiger partial charge on any atom is 0.330 e. The zero-order valence-electron chi connectivity index (χ0n) is 11.8. The van der Waals surface area contributed by atoms with E-state index in [1.807, 2.05) is 0 Å². The molecule has 0 saturated carbocycles. The third-order valence-corrected chi connectivity index (χ3v) is 2.84. The van der Waals surface area contributed by atoms with E-state index in [0.29, 0.717) is 5.56 Å². The van der Waals surface area contributed by atoms with Gasteiger partial charge in [-0.1, -0.05) is 0 Å². The van der Waals surface area contributed by atoms with Crippen LogP contribution in [0.2, 0.25) is 0 Å². The van der Waals surface area contributed by atoms with Crippen LogP contribution in [0.25, 0.3) is 0 Å². The highest BCUT2D eigenvalue weighted by Crippen LogP contribution is 2.27. The van der Waals surface area contributed by atoms with Gasteiger partial charge >= 0.3 is 5.69 Å². The lowest BCUT2D eigenvalue weighted by Gasteiger charge is -2.14. The molecule has 10 heteroatoms. The summed E-state index contributed by atoms with van der Waals surface area (Å²) in [6, 6.07) is 0. The molecule has 1 aliphatic rings. The molecule has 9 nitrogen and oxygen atoms in total. The van der Waals surface area contributed by atoms with Gasteiger partial charge in [0.1, 0.15) is 12.3 Å². The average molecular weight is 321 g/mol. The van der Waals surface area contributed by atoms with Crippen LogP contribution in [0.15, 0.2) is 15.8 Å². The Morgan fingerprint density at radius 2 is 2.14 bits per heavy atom. The molecule has 2 heterocycles. The number of hydrogen-bond donors (Lipinski definition) is 5. The van der Waals surface area contributed by atoms with Crippen LogP contribution in [0, 0.1) is 6.92 Å². The molecule has 0 amide bonds. The molecular weight excluding hydrogens is 301 g/mol. The first kappa shape index (κ1) is 18.0. The first-order chi connectivity index (χ1) is 9.76. The van der Waals surface area contributed by atoms with Gasteiger partial charge in [0.25, 0.3) is 5.56 Å². The summed E-state index contributed by atoms with van der Waals surface area (Å²) in [4.78, 5) is 32.8. The number of nitrogens with two attached hydrogens (primary N) is 1. The number of ether oxygens (including phenoxy) is 1. The quantitative estimate of drug-likeness (QED) is 0.410. The van der Waals surface area contributed by atoms with Crippen molar-refractivity contribution in [2.24, 2.45) is 5.50 Å². The minimum absolute atomic E-state index is 0.205. The van der Waals surface area contributed by atoms with Crippen molar-refractivity contribution in [2.75, 3.05) is 13.3 Å². The third kappa shape index (κ3) is 4.99. The second-order valence-corrected chi connectivity index (χ2v) is 5.81. The molecule has 0 spiro atoms. The van der Waals surface area contributed by atoms with Crippen molar-refractivity contribution < 1.29 is 19.8 Å². The summed E-state index contributed by atoms with van der Waals surface area (Å²) in [7, 11) is -1.12. The van der Waals surface area contributed by atoms with Gasteiger partial charge in [-0.15, -0.1) is 0 Å². The van der Waals surface area contributed by atoms with Crippen molar-refractivity contribution in [3.8, 4) is 0 Å². The molecule has 0 bridgehead atoms. The van der Waals surface area contributed by atoms with Crippen LogP contribution in [0.5, 0.6) is 0 Å². The Morgan fingerprint density at radius 3 is 2.62 bits per heavy atom. The maximum absolute atomic E-state index is 11.6. The predicted molar refractivity (Wildman–Crippen MR) is 76.9 cm³/mol. The molecule has 6 N–H and O–H groups in total. The van der Waals surface area contributed by atoms with Gasteiger partial charge in [0.2, 0.25) is 0 Å². The van der Waals surface area contributed by atoms with E-state index in [-0.39, 0.29) is 13.0 Å². The lowest BCUT2D eigenvalue weighted by Crippen LogP contribution is -2.33. The average Bonchev–Trinajstić information content (AvgIpc) is 2.74. The molecule has 1 saturated heterocycles. The lowest BCUT2D eigenvalue weighted by molar-refractivity contribution is -0.0459. The first-order valence-electron chi connectivity index (χ1n) is 6.20. The number of aromatic nitrogens is 2. The molecule has 1 fully saturated rings. The number of aryl methyl sites for hydroxylation is 1. The predicted octanol–water partition coefficient (Wildman–Crippen LogP) is -1.64. The number of nitrogens with zero attached hydrogens (tertiary/aromatic N) is 1. The number of aliphatic hydroxyl groups excluding tert-OH is 2. The number of nitrogens with one attached hydrogen (secondary N) is 1. The largest absolute Gasteiger partial charge is 0.394 e. The summed E-state index contributed by atoms with van der Waals surface area (Å²) >= 11 is 0. The summed E-state index contributed by atoms with van der Waals surface area (Å²) in [6.45, 7) is 2.83. The summed E-state index contributed by atoms with van der Waals surface area (Å²) in [5, 5.41) is 18.5. The highest BCUT2D eigenvalue weighted by atomic mass is 31.2. The topological polar surface area (TPSA) is 151 Å². The van der Waals surface area contributed by atoms with Crippen LogP contribution >= 0.6 is 8.30 Å². The monoisotopic (exact) mass is 321 g/mol. The molecule has 21 heavy (non-hydrogen) atoms. The number of rotatable bonds is 2. The molecule has 1 unspecified atom stereocenters. The van der Waals surface area contributed by atoms with Gasteiger partial charge in [0, 0.05) is 18.2 Å². The Hall–Kier alpha value is -1.09. The van der Waals surface area contributed by atoms with Crippen molar-refractivity contribution in [1.82, 2.24) is 9.55 Å². The third-order valence-electron chi connectivity index (χ3n) is 2.84. The van der Waals surface area contributed by atoms with E-state index >= 15 is 0 Å². The van der Waals surface area contributed by atoms with E-state index in [1.165, 1.54) is 10.8 Å². The van der Waals surface area contributed by atoms with Gasteiger partial charge in [-0.05, 0) is 13.6 Å². The molecule has 0 aliphatic carbocycles. The van der Waals surface area contributed by atoms with Crippen molar-refractivity contribution in [3.63, 3.8) is 0 Å². The fraction of sp³-hybridized carbons (Fsp3) is 0.636. The summed E-state index contributed by atoms with van der Waals surface area (Å²) in [5.74, 6) is 0. The van der Waals surface area contributed by atoms with E-state index in [2.05, 4.69) is 4.98 Å². The van der Waals surface area contributed by atoms with E-state index in [4.69, 9.17) is 20.2 Å². The standard InChI is InChI=1S/C10H14N2O5.CH6NOP/c1-5-3-12(10(16)11-9(5)15)8-2-6(14)7(4-13)17-8;1-4(2)3/h3,6-8,13-14H,2,4H2,1H3,(H,11,15,16);3H,2H2,1H3/t6-,7+,8+;/m0./s1. The number of hydrogen-bond acceptors (Lipinski definition) is 7. The first-order valence-corrected chi connectivity index (χ1v) is 8.01. The second-order valence-electron chi connectivity index (χ2n) is 4.67. The highest BCUT2D eigenvalue weighted by Gasteiger charge is 2.34. The summed E-state index contributed by atoms with van der Waals surface area (Å²) in [5.41, 5.74) is 4.09. The SMILES string of the molecule is CP(N)O.Cc1cn([C@H]2C[C@H](O)[C@@H](CO)O2)c(=O)[nH]c1=O. The molecule has 0 radical (unpaired) electrons. The Balaban J connectivity index is 0.000000491. The zero-order chi connectivity index (χ0) is 16.2. The normalized spacial score (nSPS) is 26.1. The Bertz CT molecular complexity index is 569. The van der Waals surface area contributed by atoms with E-state index in [1.54, 1.807) is 13.6 Å². The van der Waals surface area contributed by atoms with Gasteiger partial charge in [-0.2, -0.15) is 0 Å². The molecule has 1 aromatic rings. The van der Waals surface area contributed by atoms with Crippen molar-refractivity contribution in [2.45, 2.75) is 31.8 Å². The van der Waals surface area contributed by atoms with Gasteiger partial charge in [0.05, 0.1) is 21.0 Å². The molecular formula is C11H20N3O6P. The fourth-order valence-corrected chi connectivity index (χ4v) is 1.85. The second kappa shape index (κ2) is 7.79. The molecule has 1 aliphatic heterocycles. The van der Waals surface area contributed by atoms with Crippen LogP contribution in [-0.2, 0) is 4.74 Å². The molecule has 4 atom stereocenters.